The molecule has 2 N–H and O–H groups in total. The molecule has 10 nitrogen and oxygen atoms in total. The van der Waals surface area contributed by atoms with Gasteiger partial charge in [0.15, 0.2) is 18.1 Å². The van der Waals surface area contributed by atoms with Gasteiger partial charge in [-0.3, -0.25) is 9.59 Å². The molecule has 2 amide bonds. The molecular weight excluding hydrogens is 466 g/mol. The molecule has 0 radical (unpaired) electrons. The Morgan fingerprint density at radius 3 is 2.31 bits per heavy atom. The Kier molecular flexibility index (Phi) is 11.2. The van der Waals surface area contributed by atoms with Crippen LogP contribution in [0, 0.1) is 5.92 Å². The summed E-state index contributed by atoms with van der Waals surface area (Å²) in [6.07, 6.45) is 1.44. The van der Waals surface area contributed by atoms with Crippen LogP contribution in [0.5, 0.6) is 17.2 Å². The van der Waals surface area contributed by atoms with Crippen molar-refractivity contribution in [2.45, 2.75) is 33.7 Å². The standard InChI is InChI=1S/C26H33N3O7/c1-6-34-22-14-18(8-13-21(22)36-16-23(30)35-7-2)15-27-29-26(32)24(17(3)4)28-25(31)19-9-11-20(33-5)12-10-19/h8-15,17,24H,6-7,16H2,1-5H3,(H,28,31)(H,29,32). The first-order chi connectivity index (χ1) is 17.3. The average Bonchev–Trinajstić information content (AvgIpc) is 2.86. The Morgan fingerprint density at radius 1 is 0.972 bits per heavy atom. The number of carbonyl (C=O) groups is 3. The highest BCUT2D eigenvalue weighted by molar-refractivity contribution is 5.97. The second-order valence-corrected chi connectivity index (χ2v) is 7.89. The minimum atomic E-state index is -0.797. The molecule has 1 atom stereocenters. The molecular formula is C26H33N3O7. The number of ether oxygens (including phenoxy) is 4. The summed E-state index contributed by atoms with van der Waals surface area (Å²) in [5.74, 6) is -0.0612. The van der Waals surface area contributed by atoms with Crippen LogP contribution in [0.25, 0.3) is 0 Å². The van der Waals surface area contributed by atoms with Gasteiger partial charge < -0.3 is 24.3 Å². The normalized spacial score (nSPS) is 11.6. The number of carbonyl (C=O) groups excluding carboxylic acids is 3. The SMILES string of the molecule is CCOC(=O)COc1ccc(C=NNC(=O)C(NC(=O)c2ccc(OC)cc2)C(C)C)cc1OCC. The van der Waals surface area contributed by atoms with Gasteiger partial charge in [-0.15, -0.1) is 0 Å². The summed E-state index contributed by atoms with van der Waals surface area (Å²) in [5, 5.41) is 6.76. The van der Waals surface area contributed by atoms with Crippen molar-refractivity contribution in [1.29, 1.82) is 0 Å². The molecule has 0 saturated carbocycles. The predicted molar refractivity (Wildman–Crippen MR) is 135 cm³/mol. The molecule has 194 valence electrons. The Balaban J connectivity index is 2.02. The van der Waals surface area contributed by atoms with Gasteiger partial charge in [-0.05, 0) is 67.8 Å². The van der Waals surface area contributed by atoms with E-state index in [-0.39, 0.29) is 25.0 Å². The highest BCUT2D eigenvalue weighted by Crippen LogP contribution is 2.28. The number of hydrazone groups is 1. The number of amides is 2. The molecule has 2 aromatic rings. The monoisotopic (exact) mass is 499 g/mol. The van der Waals surface area contributed by atoms with Crippen molar-refractivity contribution < 1.29 is 33.3 Å². The Hall–Kier alpha value is -4.08. The van der Waals surface area contributed by atoms with Crippen molar-refractivity contribution in [3.8, 4) is 17.2 Å². The third-order valence-electron chi connectivity index (χ3n) is 4.89. The van der Waals surface area contributed by atoms with E-state index in [1.807, 2.05) is 20.8 Å². The summed E-state index contributed by atoms with van der Waals surface area (Å²) < 4.78 is 21.0. The van der Waals surface area contributed by atoms with Crippen molar-refractivity contribution in [2.24, 2.45) is 11.0 Å². The summed E-state index contributed by atoms with van der Waals surface area (Å²) in [7, 11) is 1.54. The molecule has 0 aromatic heterocycles. The van der Waals surface area contributed by atoms with E-state index in [0.717, 1.165) is 0 Å². The fourth-order valence-electron chi connectivity index (χ4n) is 3.07. The largest absolute Gasteiger partial charge is 0.497 e. The average molecular weight is 500 g/mol. The first kappa shape index (κ1) is 28.2. The molecule has 0 saturated heterocycles. The van der Waals surface area contributed by atoms with Crippen LogP contribution in [0.2, 0.25) is 0 Å². The fourth-order valence-corrected chi connectivity index (χ4v) is 3.07. The highest BCUT2D eigenvalue weighted by atomic mass is 16.6. The minimum Gasteiger partial charge on any atom is -0.497 e. The molecule has 36 heavy (non-hydrogen) atoms. The van der Waals surface area contributed by atoms with E-state index in [4.69, 9.17) is 18.9 Å². The molecule has 0 aliphatic heterocycles. The quantitative estimate of drug-likeness (QED) is 0.247. The third kappa shape index (κ3) is 8.61. The number of nitrogens with one attached hydrogen (secondary N) is 2. The molecule has 2 rings (SSSR count). The molecule has 0 spiro atoms. The number of esters is 1. The summed E-state index contributed by atoms with van der Waals surface area (Å²) in [6.45, 7) is 7.60. The number of nitrogens with zero attached hydrogens (tertiary/aromatic N) is 1. The molecule has 2 aromatic carbocycles. The van der Waals surface area contributed by atoms with Gasteiger partial charge >= 0.3 is 5.97 Å². The first-order valence-corrected chi connectivity index (χ1v) is 11.6. The third-order valence-corrected chi connectivity index (χ3v) is 4.89. The maximum atomic E-state index is 12.7. The lowest BCUT2D eigenvalue weighted by Crippen LogP contribution is -2.48. The molecule has 0 fully saturated rings. The number of methoxy groups -OCH3 is 1. The van der Waals surface area contributed by atoms with Gasteiger partial charge in [0.2, 0.25) is 0 Å². The van der Waals surface area contributed by atoms with Crippen LogP contribution in [0.4, 0.5) is 0 Å². The lowest BCUT2D eigenvalue weighted by molar-refractivity contribution is -0.145. The summed E-state index contributed by atoms with van der Waals surface area (Å²) in [6, 6.07) is 10.8. The van der Waals surface area contributed by atoms with E-state index in [1.165, 1.54) is 6.21 Å². The highest BCUT2D eigenvalue weighted by Gasteiger charge is 2.24. The van der Waals surface area contributed by atoms with Crippen LogP contribution in [-0.4, -0.2) is 57.0 Å². The molecule has 0 aliphatic rings. The molecule has 10 heteroatoms. The van der Waals surface area contributed by atoms with Crippen molar-refractivity contribution in [1.82, 2.24) is 10.7 Å². The number of benzene rings is 2. The van der Waals surface area contributed by atoms with Crippen molar-refractivity contribution in [3.63, 3.8) is 0 Å². The Morgan fingerprint density at radius 2 is 1.69 bits per heavy atom. The van der Waals surface area contributed by atoms with Gasteiger partial charge in [0.05, 0.1) is 26.5 Å². The second kappa shape index (κ2) is 14.3. The summed E-state index contributed by atoms with van der Waals surface area (Å²) in [4.78, 5) is 36.9. The van der Waals surface area contributed by atoms with Gasteiger partial charge in [0.1, 0.15) is 11.8 Å². The van der Waals surface area contributed by atoms with Crippen LogP contribution in [0.3, 0.4) is 0 Å². The Labute approximate surface area is 211 Å². The van der Waals surface area contributed by atoms with Crippen molar-refractivity contribution in [3.05, 3.63) is 53.6 Å². The van der Waals surface area contributed by atoms with Gasteiger partial charge in [-0.2, -0.15) is 5.10 Å². The molecule has 0 bridgehead atoms. The smallest absolute Gasteiger partial charge is 0.344 e. The van der Waals surface area contributed by atoms with Crippen LogP contribution >= 0.6 is 0 Å². The van der Waals surface area contributed by atoms with E-state index in [2.05, 4.69) is 15.8 Å². The zero-order chi connectivity index (χ0) is 26.5. The van der Waals surface area contributed by atoms with Crippen molar-refractivity contribution in [2.75, 3.05) is 26.9 Å². The molecule has 0 heterocycles. The van der Waals surface area contributed by atoms with Crippen LogP contribution in [0.15, 0.2) is 47.6 Å². The maximum Gasteiger partial charge on any atom is 0.344 e. The minimum absolute atomic E-state index is 0.178. The van der Waals surface area contributed by atoms with E-state index in [1.54, 1.807) is 56.5 Å². The van der Waals surface area contributed by atoms with E-state index >= 15 is 0 Å². The van der Waals surface area contributed by atoms with Crippen molar-refractivity contribution >= 4 is 24.0 Å². The number of rotatable bonds is 13. The lowest BCUT2D eigenvalue weighted by Gasteiger charge is -2.20. The lowest BCUT2D eigenvalue weighted by atomic mass is 10.0. The van der Waals surface area contributed by atoms with Crippen LogP contribution in [-0.2, 0) is 14.3 Å². The summed E-state index contributed by atoms with van der Waals surface area (Å²) >= 11 is 0. The van der Waals surface area contributed by atoms with Gasteiger partial charge in [0.25, 0.3) is 11.8 Å². The van der Waals surface area contributed by atoms with Crippen LogP contribution < -0.4 is 25.0 Å². The van der Waals surface area contributed by atoms with Gasteiger partial charge in [-0.25, -0.2) is 10.2 Å². The van der Waals surface area contributed by atoms with Gasteiger partial charge in [0, 0.05) is 5.56 Å². The maximum absolute atomic E-state index is 12.7. The Bertz CT molecular complexity index is 1050. The zero-order valence-electron chi connectivity index (χ0n) is 21.2. The summed E-state index contributed by atoms with van der Waals surface area (Å²) in [5.41, 5.74) is 3.51. The van der Waals surface area contributed by atoms with Gasteiger partial charge in [-0.1, -0.05) is 13.8 Å². The van der Waals surface area contributed by atoms with Crippen LogP contribution in [0.1, 0.15) is 43.6 Å². The zero-order valence-corrected chi connectivity index (χ0v) is 21.2. The first-order valence-electron chi connectivity index (χ1n) is 11.6. The topological polar surface area (TPSA) is 125 Å². The van der Waals surface area contributed by atoms with E-state index in [9.17, 15) is 14.4 Å². The fraction of sp³-hybridized carbons (Fsp3) is 0.385. The number of hydrogen-bond donors (Lipinski definition) is 2. The second-order valence-electron chi connectivity index (χ2n) is 7.89. The number of hydrogen-bond acceptors (Lipinski definition) is 8. The van der Waals surface area contributed by atoms with E-state index < -0.39 is 17.9 Å². The molecule has 1 unspecified atom stereocenters. The molecule has 0 aliphatic carbocycles. The van der Waals surface area contributed by atoms with E-state index in [0.29, 0.717) is 35.0 Å². The predicted octanol–water partition coefficient (Wildman–Crippen LogP) is 2.94.